The summed E-state index contributed by atoms with van der Waals surface area (Å²) in [7, 11) is -3.54. The highest BCUT2D eigenvalue weighted by Gasteiger charge is 2.55. The molecule has 0 aromatic heterocycles. The zero-order chi connectivity index (χ0) is 115. The van der Waals surface area contributed by atoms with Gasteiger partial charge in [-0.05, 0) is 312 Å². The quantitative estimate of drug-likeness (QED) is 0.0107. The van der Waals surface area contributed by atoms with E-state index in [9.17, 15) is 140 Å². The number of hydrogen-bond donors (Lipinski definition) is 2. The molecule has 2 atom stereocenters. The normalized spacial score (nSPS) is 18.3. The number of phenols is 1. The summed E-state index contributed by atoms with van der Waals surface area (Å²) in [6.07, 6.45) is -6.99. The number of ether oxygens (including phenoxy) is 6. The van der Waals surface area contributed by atoms with Crippen molar-refractivity contribution in [3.8, 4) is 11.5 Å². The number of aromatic hydroxyl groups is 1. The van der Waals surface area contributed by atoms with Gasteiger partial charge in [0.05, 0.1) is 89.3 Å². The van der Waals surface area contributed by atoms with Crippen LogP contribution in [0.3, 0.4) is 0 Å². The van der Waals surface area contributed by atoms with Gasteiger partial charge in [0, 0.05) is 27.8 Å². The van der Waals surface area contributed by atoms with E-state index in [2.05, 4.69) is 103 Å². The molecule has 1 saturated heterocycles. The third kappa shape index (κ3) is 33.4. The number of rotatable bonds is 20. The molecule has 0 spiro atoms. The van der Waals surface area contributed by atoms with Gasteiger partial charge in [-0.2, -0.15) is 87.4 Å². The first-order valence-electron chi connectivity index (χ1n) is 47.6. The van der Waals surface area contributed by atoms with Gasteiger partial charge in [-0.15, -0.1) is 0 Å². The Balaban J connectivity index is 0.000000276. The molecule has 43 heteroatoms. The molecule has 832 valence electrons. The Bertz CT molecular complexity index is 5970. The van der Waals surface area contributed by atoms with Crippen LogP contribution in [0, 0.1) is 52.6 Å². The Morgan fingerprint density at radius 2 is 0.713 bits per heavy atom. The van der Waals surface area contributed by atoms with E-state index in [-0.39, 0.29) is 86.5 Å². The maximum absolute atomic E-state index is 14.3. The lowest BCUT2D eigenvalue weighted by Crippen LogP contribution is -2.41. The number of allylic oxidation sites excluding steroid dienone is 10. The second kappa shape index (κ2) is 47.8. The van der Waals surface area contributed by atoms with Crippen molar-refractivity contribution in [3.63, 3.8) is 0 Å². The predicted octanol–water partition coefficient (Wildman–Crippen LogP) is 28.9. The van der Waals surface area contributed by atoms with Crippen molar-refractivity contribution < 1.29 is 187 Å². The van der Waals surface area contributed by atoms with Gasteiger partial charge in [-0.1, -0.05) is 112 Å². The molecule has 1 aliphatic heterocycles. The van der Waals surface area contributed by atoms with E-state index in [1.165, 1.54) is 24.0 Å². The number of Topliss-reactive ketones (excluding diaryl/α,β-unsaturated/α-hetero) is 3. The van der Waals surface area contributed by atoms with Crippen molar-refractivity contribution in [1.82, 2.24) is 0 Å². The van der Waals surface area contributed by atoms with E-state index in [1.807, 2.05) is 32.1 Å². The van der Waals surface area contributed by atoms with Crippen LogP contribution in [-0.4, -0.2) is 129 Å². The Hall–Kier alpha value is -10.8. The summed E-state index contributed by atoms with van der Waals surface area (Å²) in [5.41, 5.74) is -13.7. The van der Waals surface area contributed by atoms with Crippen LogP contribution in [0.2, 0.25) is 0 Å². The van der Waals surface area contributed by atoms with Gasteiger partial charge in [-0.25, -0.2) is 32.8 Å². The Morgan fingerprint density at radius 1 is 0.400 bits per heavy atom. The van der Waals surface area contributed by atoms with Crippen LogP contribution in [-0.2, 0) is 103 Å². The molecule has 0 radical (unpaired) electrons. The predicted molar refractivity (Wildman–Crippen MR) is 519 cm³/mol. The van der Waals surface area contributed by atoms with Crippen LogP contribution in [0.15, 0.2) is 96.5 Å². The molecule has 0 bridgehead atoms. The van der Waals surface area contributed by atoms with E-state index in [0.717, 1.165) is 96.6 Å². The second-order valence-corrected chi connectivity index (χ2v) is 45.4. The molecule has 5 aromatic carbocycles. The molecule has 5 aromatic rings. The van der Waals surface area contributed by atoms with Crippen molar-refractivity contribution >= 4 is 86.7 Å². The summed E-state index contributed by atoms with van der Waals surface area (Å²) in [6, 6.07) is 7.37. The van der Waals surface area contributed by atoms with Gasteiger partial charge in [0.1, 0.15) is 11.6 Å². The van der Waals surface area contributed by atoms with E-state index in [4.69, 9.17) is 33.4 Å². The molecule has 11 rings (SSSR count). The molecule has 0 saturated carbocycles. The molecule has 6 aliphatic rings. The minimum Gasteiger partial charge on any atom is -0.507 e. The fourth-order valence-corrected chi connectivity index (χ4v) is 17.3. The summed E-state index contributed by atoms with van der Waals surface area (Å²) in [6.45, 7) is 43.7. The fourth-order valence-electron chi connectivity index (χ4n) is 16.8. The number of aryl methyl sites for hydroxylation is 2. The molecule has 1 fully saturated rings. The van der Waals surface area contributed by atoms with Crippen molar-refractivity contribution in [2.45, 2.75) is 327 Å². The lowest BCUT2D eigenvalue weighted by atomic mass is 9.67. The number of benzene rings is 5. The smallest absolute Gasteiger partial charge is 0.507 e. The number of carbonyl (C=O) groups is 8. The first-order valence-corrected chi connectivity index (χ1v) is 49.0. The van der Waals surface area contributed by atoms with Gasteiger partial charge in [-0.3, -0.25) is 14.4 Å². The first kappa shape index (κ1) is 128. The van der Waals surface area contributed by atoms with E-state index < -0.39 is 197 Å². The topological polar surface area (TPSA) is 294 Å². The number of ketones is 3. The minimum atomic E-state index is -6.64. The monoisotopic (exact) mass is 2170 g/mol. The number of phenolic OH excluding ortho intramolecular Hbond substituents is 1. The number of halogens is 20. The molecule has 150 heavy (non-hydrogen) atoms. The third-order valence-corrected chi connectivity index (χ3v) is 27.1. The number of carboxylic acid groups (broad SMARTS) is 1. The maximum Gasteiger partial charge on any atom is 0.534 e. The van der Waals surface area contributed by atoms with Crippen molar-refractivity contribution in [1.29, 1.82) is 0 Å². The Morgan fingerprint density at radius 3 is 1.05 bits per heavy atom. The number of carbonyl (C=O) groups excluding carboxylic acids is 7. The molecule has 0 amide bonds. The first-order chi connectivity index (χ1) is 68.0. The Kier molecular flexibility index (Phi) is 40.8. The van der Waals surface area contributed by atoms with Gasteiger partial charge >= 0.3 is 83.5 Å². The average molecular weight is 2170 g/mol. The second-order valence-electron chi connectivity index (χ2n) is 43.8. The summed E-state index contributed by atoms with van der Waals surface area (Å²) >= 11 is 0. The van der Waals surface area contributed by atoms with Crippen molar-refractivity contribution in [2.75, 3.05) is 27.9 Å². The van der Waals surface area contributed by atoms with Crippen LogP contribution in [0.1, 0.15) is 357 Å². The Labute approximate surface area is 859 Å². The van der Waals surface area contributed by atoms with E-state index in [0.29, 0.717) is 90.3 Å². The molecule has 2 unspecified atom stereocenters. The lowest BCUT2D eigenvalue weighted by molar-refractivity contribution is -0.167. The zero-order valence-electron chi connectivity index (χ0n) is 88.3. The highest BCUT2D eigenvalue weighted by molar-refractivity contribution is 7.88. The van der Waals surface area contributed by atoms with Gasteiger partial charge in [0.2, 0.25) is 0 Å². The number of hydrogen-bond acceptors (Lipinski definition) is 20. The highest BCUT2D eigenvalue weighted by atomic mass is 32.2. The van der Waals surface area contributed by atoms with E-state index in [1.54, 1.807) is 61.5 Å². The maximum atomic E-state index is 14.3. The van der Waals surface area contributed by atoms with Gasteiger partial charge in [0.25, 0.3) is 17.3 Å². The zero-order valence-corrected chi connectivity index (χ0v) is 89.1. The molecular weight excluding hydrogens is 2040 g/mol. The van der Waals surface area contributed by atoms with E-state index >= 15 is 0 Å². The molecular formula is C107H129BF20O21S. The minimum absolute atomic E-state index is 0.00924. The van der Waals surface area contributed by atoms with Crippen LogP contribution in [0.5, 0.6) is 11.5 Å². The van der Waals surface area contributed by atoms with Crippen LogP contribution < -0.4 is 4.18 Å². The van der Waals surface area contributed by atoms with Crippen molar-refractivity contribution in [3.05, 3.63) is 197 Å². The van der Waals surface area contributed by atoms with Crippen LogP contribution >= 0.6 is 0 Å². The lowest BCUT2D eigenvalue weighted by Gasteiger charge is -2.33. The fraction of sp³-hybridized carbons (Fsp3) is 0.551. The van der Waals surface area contributed by atoms with Gasteiger partial charge < -0.3 is 52.1 Å². The number of aliphatic carboxylic acids is 1. The summed E-state index contributed by atoms with van der Waals surface area (Å²) in [5.74, 6) is -18.0. The number of methoxy groups -OCH3 is 3. The molecule has 1 heterocycles. The summed E-state index contributed by atoms with van der Waals surface area (Å²) < 4.78 is 335. The van der Waals surface area contributed by atoms with Gasteiger partial charge in [0.15, 0.2) is 23.8 Å². The SMILES string of the molecule is CC1(C)CC=C(B2OC(C)(C)C(C)(C)O2)CC1.CC1(C)CC=C(c2c(F)ccc(C(F)(F)F)c2C(=O)C(=O)O)CC1.CCOC(=O)C(=O)c1c(C(F)(F)F)ccc(F)c1OS(=O)(=O)C(F)(F)F.COC(=O)C(=O)c1c(C(F)(F)F)ccc(C)c1C1=CCC(C)(C)CC1.COC(=O)C(OC(C)(C)C)c1c(C(F)(F)F)ccc(C)c1C1=CCC(C)(C)CC1.COC(=O)C(OC(C)(C)C)c1c(C(F)(F)F)ccc(O)c1C1=CCC(C)(C)CC1. The van der Waals surface area contributed by atoms with Crippen LogP contribution in [0.4, 0.5) is 87.8 Å². The summed E-state index contributed by atoms with van der Waals surface area (Å²) in [4.78, 5) is 95.2. The highest BCUT2D eigenvalue weighted by Crippen LogP contribution is 2.54. The largest absolute Gasteiger partial charge is 0.534 e. The third-order valence-electron chi connectivity index (χ3n) is 26.1. The molecule has 21 nitrogen and oxygen atoms in total. The van der Waals surface area contributed by atoms with Crippen LogP contribution in [0.25, 0.3) is 22.3 Å². The standard InChI is InChI=1S/C23H31F3O3.C22H29F3O4.C19H21F3O3.C17H16F4O3.C14H25BO2.C12H7F7O6S/c1-14-8-9-16(23(24,25)26)18(19(20(27)28-7)29-21(2,3)4)17(14)15-10-12-22(5,6)13-11-15;1-20(2,3)29-18(19(27)28-6)17-14(22(23,24)25)7-8-15(26)16(17)13-9-11-21(4,5)12-10-13;1-11-5-6-13(19(20,21)22)15(16(23)17(24)25-4)14(11)12-7-9-18(2,3)10-8-12;1-16(2)7-5-9(6-8-16)12-11(18)4-3-10(17(19,20)21)13(12)14(22)15(23)24;1-12(2)9-7-11(8-10-12)15-16-13(3,4)14(5,6)17-15;1-2-24-10(21)8(20)7-5(11(14,15)16)3-4-6(13)9(7)25-26(22,23)12(17,18)19/h8-10,19H,11-13H2,1-7H3;7-9,18,26H,10-12H2,1-6H3;5-7H,8-10H2,1-4H3;3-5H,6-8H2,1-2H3,(H,23,24);7H,8-10H2,1-6H3;3-4H,2H2,1H3. The number of alkyl halides is 18. The molecule has 5 aliphatic carbocycles. The molecule has 2 N–H and O–H groups in total. The number of carboxylic acids is 1. The average Bonchev–Trinajstić information content (AvgIpc) is 0.957. The number of esters is 4. The van der Waals surface area contributed by atoms with Crippen molar-refractivity contribution in [2.24, 2.45) is 27.1 Å². The summed E-state index contributed by atoms with van der Waals surface area (Å²) in [5, 5.41) is 19.4.